The fourth-order valence-corrected chi connectivity index (χ4v) is 4.36. The van der Waals surface area contributed by atoms with Crippen LogP contribution >= 0.6 is 11.3 Å². The molecule has 1 unspecified atom stereocenters. The highest BCUT2D eigenvalue weighted by atomic mass is 32.1. The molecule has 0 amide bonds. The van der Waals surface area contributed by atoms with Crippen LogP contribution < -0.4 is 4.74 Å². The predicted molar refractivity (Wildman–Crippen MR) is 102 cm³/mol. The SMILES string of the molecule is CCC(c1ccc2scnc2c1)N1CCC(Oc2cccnc2)CC1. The smallest absolute Gasteiger partial charge is 0.137 e. The molecular weight excluding hydrogens is 330 g/mol. The molecule has 1 saturated heterocycles. The van der Waals surface area contributed by atoms with Gasteiger partial charge in [-0.2, -0.15) is 0 Å². The summed E-state index contributed by atoms with van der Waals surface area (Å²) in [6.45, 7) is 4.41. The Morgan fingerprint density at radius 3 is 2.92 bits per heavy atom. The van der Waals surface area contributed by atoms with Gasteiger partial charge in [-0.05, 0) is 49.1 Å². The van der Waals surface area contributed by atoms with Gasteiger partial charge in [0.05, 0.1) is 21.9 Å². The number of nitrogens with zero attached hydrogens (tertiary/aromatic N) is 3. The summed E-state index contributed by atoms with van der Waals surface area (Å²) in [5.41, 5.74) is 4.43. The monoisotopic (exact) mass is 353 g/mol. The molecule has 4 rings (SSSR count). The predicted octanol–water partition coefficient (Wildman–Crippen LogP) is 4.69. The van der Waals surface area contributed by atoms with Crippen molar-refractivity contribution in [3.05, 3.63) is 53.8 Å². The van der Waals surface area contributed by atoms with Gasteiger partial charge in [0.1, 0.15) is 11.9 Å². The average Bonchev–Trinajstić information content (AvgIpc) is 3.12. The average molecular weight is 353 g/mol. The molecule has 3 heterocycles. The summed E-state index contributed by atoms with van der Waals surface area (Å²) >= 11 is 1.71. The fraction of sp³-hybridized carbons (Fsp3) is 0.400. The second kappa shape index (κ2) is 7.50. The Morgan fingerprint density at radius 1 is 1.28 bits per heavy atom. The summed E-state index contributed by atoms with van der Waals surface area (Å²) in [5, 5.41) is 0. The van der Waals surface area contributed by atoms with Crippen molar-refractivity contribution < 1.29 is 4.74 Å². The second-order valence-corrected chi connectivity index (χ2v) is 7.43. The third-order valence-electron chi connectivity index (χ3n) is 4.98. The normalized spacial score (nSPS) is 17.6. The van der Waals surface area contributed by atoms with Gasteiger partial charge < -0.3 is 4.74 Å². The Kier molecular flexibility index (Phi) is 4.95. The summed E-state index contributed by atoms with van der Waals surface area (Å²) in [7, 11) is 0. The van der Waals surface area contributed by atoms with Crippen LogP contribution in [-0.2, 0) is 0 Å². The molecular formula is C20H23N3OS. The Morgan fingerprint density at radius 2 is 2.16 bits per heavy atom. The van der Waals surface area contributed by atoms with Crippen LogP contribution in [0.15, 0.2) is 48.2 Å². The van der Waals surface area contributed by atoms with Crippen molar-refractivity contribution in [1.82, 2.24) is 14.9 Å². The van der Waals surface area contributed by atoms with Crippen molar-refractivity contribution in [2.45, 2.75) is 38.3 Å². The van der Waals surface area contributed by atoms with Gasteiger partial charge in [-0.3, -0.25) is 9.88 Å². The first-order valence-electron chi connectivity index (χ1n) is 8.97. The lowest BCUT2D eigenvalue weighted by Crippen LogP contribution is -2.40. The van der Waals surface area contributed by atoms with Crippen LogP contribution in [0.4, 0.5) is 0 Å². The highest BCUT2D eigenvalue weighted by molar-refractivity contribution is 7.16. The number of hydrogen-bond acceptors (Lipinski definition) is 5. The number of hydrogen-bond donors (Lipinski definition) is 0. The summed E-state index contributed by atoms with van der Waals surface area (Å²) in [6, 6.07) is 11.1. The Bertz CT molecular complexity index is 812. The standard InChI is InChI=1S/C20H23N3OS/c1-2-19(15-5-6-20-18(12-15)22-14-25-20)23-10-7-16(8-11-23)24-17-4-3-9-21-13-17/h3-6,9,12-14,16,19H,2,7-8,10-11H2,1H3. The molecule has 1 fully saturated rings. The first-order chi connectivity index (χ1) is 12.3. The topological polar surface area (TPSA) is 38.2 Å². The number of pyridine rings is 1. The largest absolute Gasteiger partial charge is 0.489 e. The van der Waals surface area contributed by atoms with Crippen LogP contribution in [-0.4, -0.2) is 34.1 Å². The number of thiazole rings is 1. The molecule has 1 aliphatic heterocycles. The minimum absolute atomic E-state index is 0.291. The minimum atomic E-state index is 0.291. The fourth-order valence-electron chi connectivity index (χ4n) is 3.70. The van der Waals surface area contributed by atoms with Gasteiger partial charge in [0, 0.05) is 25.3 Å². The molecule has 0 saturated carbocycles. The molecule has 0 N–H and O–H groups in total. The third-order valence-corrected chi connectivity index (χ3v) is 5.79. The molecule has 1 aromatic carbocycles. The van der Waals surface area contributed by atoms with Crippen LogP contribution in [0.2, 0.25) is 0 Å². The van der Waals surface area contributed by atoms with Gasteiger partial charge in [0.15, 0.2) is 0 Å². The van der Waals surface area contributed by atoms with E-state index in [-0.39, 0.29) is 0 Å². The lowest BCUT2D eigenvalue weighted by molar-refractivity contribution is 0.0734. The molecule has 3 aromatic rings. The van der Waals surface area contributed by atoms with Crippen LogP contribution in [0.1, 0.15) is 37.8 Å². The summed E-state index contributed by atoms with van der Waals surface area (Å²) in [5.74, 6) is 0.877. The Labute approximate surface area is 152 Å². The Balaban J connectivity index is 1.41. The third kappa shape index (κ3) is 3.67. The molecule has 1 aliphatic rings. The molecule has 0 aliphatic carbocycles. The van der Waals surface area contributed by atoms with Gasteiger partial charge in [-0.1, -0.05) is 13.0 Å². The van der Waals surface area contributed by atoms with Crippen LogP contribution in [0.3, 0.4) is 0 Å². The lowest BCUT2D eigenvalue weighted by Gasteiger charge is -2.37. The zero-order valence-electron chi connectivity index (χ0n) is 14.5. The van der Waals surface area contributed by atoms with Gasteiger partial charge in [-0.15, -0.1) is 11.3 Å². The van der Waals surface area contributed by atoms with Crippen molar-refractivity contribution in [2.24, 2.45) is 0 Å². The number of aromatic nitrogens is 2. The van der Waals surface area contributed by atoms with E-state index in [0.29, 0.717) is 12.1 Å². The number of rotatable bonds is 5. The molecule has 130 valence electrons. The summed E-state index contributed by atoms with van der Waals surface area (Å²) in [4.78, 5) is 11.2. The van der Waals surface area contributed by atoms with Crippen molar-refractivity contribution in [2.75, 3.05) is 13.1 Å². The summed E-state index contributed by atoms with van der Waals surface area (Å²) < 4.78 is 7.34. The Hall–Kier alpha value is -1.98. The van der Waals surface area contributed by atoms with Gasteiger partial charge >= 0.3 is 0 Å². The minimum Gasteiger partial charge on any atom is -0.489 e. The maximum absolute atomic E-state index is 6.07. The zero-order chi connectivity index (χ0) is 17.1. The number of benzene rings is 1. The van der Waals surface area contributed by atoms with E-state index in [2.05, 4.69) is 40.0 Å². The highest BCUT2D eigenvalue weighted by Crippen LogP contribution is 2.31. The first kappa shape index (κ1) is 16.5. The van der Waals surface area contributed by atoms with E-state index in [1.54, 1.807) is 23.7 Å². The molecule has 0 radical (unpaired) electrons. The van der Waals surface area contributed by atoms with E-state index >= 15 is 0 Å². The quantitative estimate of drug-likeness (QED) is 0.667. The van der Waals surface area contributed by atoms with Crippen molar-refractivity contribution in [1.29, 1.82) is 0 Å². The van der Waals surface area contributed by atoms with Crippen molar-refractivity contribution >= 4 is 21.6 Å². The van der Waals surface area contributed by atoms with Crippen LogP contribution in [0, 0.1) is 0 Å². The number of likely N-dealkylation sites (tertiary alicyclic amines) is 1. The van der Waals surface area contributed by atoms with E-state index in [1.165, 1.54) is 10.3 Å². The lowest BCUT2D eigenvalue weighted by atomic mass is 9.98. The molecule has 25 heavy (non-hydrogen) atoms. The number of piperidine rings is 1. The molecule has 1 atom stereocenters. The molecule has 4 nitrogen and oxygen atoms in total. The van der Waals surface area contributed by atoms with Crippen molar-refractivity contribution in [3.63, 3.8) is 0 Å². The summed E-state index contributed by atoms with van der Waals surface area (Å²) in [6.07, 6.45) is 7.10. The maximum atomic E-state index is 6.07. The van der Waals surface area contributed by atoms with E-state index in [9.17, 15) is 0 Å². The van der Waals surface area contributed by atoms with Crippen LogP contribution in [0.25, 0.3) is 10.2 Å². The molecule has 2 aromatic heterocycles. The van der Waals surface area contributed by atoms with E-state index in [0.717, 1.165) is 43.6 Å². The molecule has 5 heteroatoms. The van der Waals surface area contributed by atoms with Gasteiger partial charge in [-0.25, -0.2) is 4.98 Å². The highest BCUT2D eigenvalue weighted by Gasteiger charge is 2.26. The second-order valence-electron chi connectivity index (χ2n) is 6.55. The van der Waals surface area contributed by atoms with Crippen LogP contribution in [0.5, 0.6) is 5.75 Å². The number of fused-ring (bicyclic) bond motifs is 1. The van der Waals surface area contributed by atoms with Gasteiger partial charge in [0.2, 0.25) is 0 Å². The van der Waals surface area contributed by atoms with E-state index in [4.69, 9.17) is 4.74 Å². The zero-order valence-corrected chi connectivity index (χ0v) is 15.3. The van der Waals surface area contributed by atoms with Crippen molar-refractivity contribution in [3.8, 4) is 5.75 Å². The van der Waals surface area contributed by atoms with Gasteiger partial charge in [0.25, 0.3) is 0 Å². The first-order valence-corrected chi connectivity index (χ1v) is 9.85. The molecule has 0 spiro atoms. The van der Waals surface area contributed by atoms with E-state index < -0.39 is 0 Å². The maximum Gasteiger partial charge on any atom is 0.137 e. The van der Waals surface area contributed by atoms with E-state index in [1.807, 2.05) is 17.6 Å². The number of ether oxygens (including phenoxy) is 1. The molecule has 0 bridgehead atoms.